The largest absolute Gasteiger partial charge is 0.481 e. The van der Waals surface area contributed by atoms with Gasteiger partial charge in [-0.05, 0) is 35.9 Å². The number of benzene rings is 1. The SMILES string of the molecule is O=C(O)C1(c2ccc3cc[nH]c3c2)CCC(F)(F)CC1. The van der Waals surface area contributed by atoms with Gasteiger partial charge in [-0.2, -0.15) is 0 Å². The second-order valence-corrected chi connectivity index (χ2v) is 5.52. The van der Waals surface area contributed by atoms with Crippen LogP contribution in [0.2, 0.25) is 0 Å². The number of hydrogen-bond acceptors (Lipinski definition) is 1. The molecule has 0 unspecified atom stereocenters. The molecule has 1 aromatic heterocycles. The zero-order valence-electron chi connectivity index (χ0n) is 10.8. The number of aromatic amines is 1. The Kier molecular flexibility index (Phi) is 2.81. The number of halogens is 2. The summed E-state index contributed by atoms with van der Waals surface area (Å²) >= 11 is 0. The quantitative estimate of drug-likeness (QED) is 0.880. The summed E-state index contributed by atoms with van der Waals surface area (Å²) in [6, 6.07) is 7.24. The van der Waals surface area contributed by atoms with E-state index in [0.717, 1.165) is 10.9 Å². The van der Waals surface area contributed by atoms with Crippen molar-refractivity contribution < 1.29 is 18.7 Å². The summed E-state index contributed by atoms with van der Waals surface area (Å²) in [5, 5.41) is 10.6. The molecule has 20 heavy (non-hydrogen) atoms. The molecule has 2 N–H and O–H groups in total. The van der Waals surface area contributed by atoms with Gasteiger partial charge in [0, 0.05) is 24.6 Å². The number of alkyl halides is 2. The molecule has 106 valence electrons. The van der Waals surface area contributed by atoms with Crippen LogP contribution in [-0.2, 0) is 10.2 Å². The maximum Gasteiger partial charge on any atom is 0.314 e. The van der Waals surface area contributed by atoms with E-state index in [1.807, 2.05) is 12.1 Å². The van der Waals surface area contributed by atoms with E-state index in [1.54, 1.807) is 18.3 Å². The number of H-pyrrole nitrogens is 1. The van der Waals surface area contributed by atoms with Gasteiger partial charge in [-0.15, -0.1) is 0 Å². The predicted octanol–water partition coefficient (Wildman–Crippen LogP) is 3.70. The van der Waals surface area contributed by atoms with Gasteiger partial charge in [-0.1, -0.05) is 12.1 Å². The minimum absolute atomic E-state index is 0.0262. The Morgan fingerprint density at radius 3 is 2.50 bits per heavy atom. The lowest BCUT2D eigenvalue weighted by molar-refractivity contribution is -0.149. The van der Waals surface area contributed by atoms with Gasteiger partial charge in [-0.25, -0.2) is 8.78 Å². The molecule has 0 radical (unpaired) electrons. The molecule has 3 nitrogen and oxygen atoms in total. The molecule has 1 aromatic carbocycles. The molecule has 3 rings (SSSR count). The van der Waals surface area contributed by atoms with Gasteiger partial charge in [0.05, 0.1) is 5.41 Å². The molecule has 1 saturated carbocycles. The van der Waals surface area contributed by atoms with Crippen molar-refractivity contribution in [2.75, 3.05) is 0 Å². The van der Waals surface area contributed by atoms with E-state index in [9.17, 15) is 18.7 Å². The van der Waals surface area contributed by atoms with Crippen molar-refractivity contribution in [1.82, 2.24) is 4.98 Å². The minimum atomic E-state index is -2.74. The lowest BCUT2D eigenvalue weighted by atomic mass is 9.68. The fourth-order valence-electron chi connectivity index (χ4n) is 3.01. The van der Waals surface area contributed by atoms with Gasteiger partial charge < -0.3 is 10.1 Å². The third kappa shape index (κ3) is 1.97. The summed E-state index contributed by atoms with van der Waals surface area (Å²) in [4.78, 5) is 14.7. The molecular weight excluding hydrogens is 264 g/mol. The average Bonchev–Trinajstić information content (AvgIpc) is 2.86. The molecule has 1 aliphatic carbocycles. The monoisotopic (exact) mass is 279 g/mol. The lowest BCUT2D eigenvalue weighted by Crippen LogP contribution is -2.42. The van der Waals surface area contributed by atoms with Crippen LogP contribution >= 0.6 is 0 Å². The molecule has 1 heterocycles. The Morgan fingerprint density at radius 1 is 1.15 bits per heavy atom. The number of fused-ring (bicyclic) bond motifs is 1. The topological polar surface area (TPSA) is 53.1 Å². The normalized spacial score (nSPS) is 20.9. The molecule has 0 atom stereocenters. The van der Waals surface area contributed by atoms with E-state index in [4.69, 9.17) is 0 Å². The summed E-state index contributed by atoms with van der Waals surface area (Å²) in [7, 11) is 0. The predicted molar refractivity (Wildman–Crippen MR) is 71.0 cm³/mol. The van der Waals surface area contributed by atoms with E-state index in [1.165, 1.54) is 0 Å². The Labute approximate surface area is 114 Å². The standard InChI is InChI=1S/C15H15F2NO2/c16-15(17)6-4-14(5-7-15,13(19)20)11-2-1-10-3-8-18-12(10)9-11/h1-3,8-9,18H,4-7H2,(H,19,20). The number of aromatic nitrogens is 1. The molecule has 2 aromatic rings. The molecule has 0 aliphatic heterocycles. The summed E-state index contributed by atoms with van der Waals surface area (Å²) < 4.78 is 26.7. The summed E-state index contributed by atoms with van der Waals surface area (Å²) in [6.07, 6.45) is 0.976. The van der Waals surface area contributed by atoms with Crippen molar-refractivity contribution in [2.24, 2.45) is 0 Å². The van der Waals surface area contributed by atoms with E-state index >= 15 is 0 Å². The van der Waals surface area contributed by atoms with Crippen LogP contribution in [0, 0.1) is 0 Å². The van der Waals surface area contributed by atoms with Crippen molar-refractivity contribution in [1.29, 1.82) is 0 Å². The van der Waals surface area contributed by atoms with Gasteiger partial charge in [0.15, 0.2) is 0 Å². The van der Waals surface area contributed by atoms with Gasteiger partial charge >= 0.3 is 5.97 Å². The molecule has 1 fully saturated rings. The number of carboxylic acids is 1. The fourth-order valence-corrected chi connectivity index (χ4v) is 3.01. The number of carbonyl (C=O) groups is 1. The smallest absolute Gasteiger partial charge is 0.314 e. The van der Waals surface area contributed by atoms with Crippen LogP contribution in [0.25, 0.3) is 10.9 Å². The van der Waals surface area contributed by atoms with E-state index in [2.05, 4.69) is 4.98 Å². The highest BCUT2D eigenvalue weighted by atomic mass is 19.3. The van der Waals surface area contributed by atoms with Gasteiger partial charge in [0.2, 0.25) is 5.92 Å². The van der Waals surface area contributed by atoms with Crippen molar-refractivity contribution in [3.8, 4) is 0 Å². The molecule has 5 heteroatoms. The van der Waals surface area contributed by atoms with Gasteiger partial charge in [0.1, 0.15) is 0 Å². The minimum Gasteiger partial charge on any atom is -0.481 e. The van der Waals surface area contributed by atoms with Crippen molar-refractivity contribution >= 4 is 16.9 Å². The van der Waals surface area contributed by atoms with Crippen molar-refractivity contribution in [3.05, 3.63) is 36.0 Å². The van der Waals surface area contributed by atoms with Crippen LogP contribution in [0.4, 0.5) is 8.78 Å². The van der Waals surface area contributed by atoms with Crippen molar-refractivity contribution in [3.63, 3.8) is 0 Å². The number of carboxylic acid groups (broad SMARTS) is 1. The highest BCUT2D eigenvalue weighted by Gasteiger charge is 2.49. The first-order valence-corrected chi connectivity index (χ1v) is 6.62. The maximum atomic E-state index is 13.3. The summed E-state index contributed by atoms with van der Waals surface area (Å²) in [5.74, 6) is -3.76. The number of nitrogens with one attached hydrogen (secondary N) is 1. The molecule has 0 amide bonds. The van der Waals surface area contributed by atoms with Gasteiger partial charge in [0.25, 0.3) is 0 Å². The fraction of sp³-hybridized carbons (Fsp3) is 0.400. The third-order valence-corrected chi connectivity index (χ3v) is 4.35. The zero-order valence-corrected chi connectivity index (χ0v) is 10.8. The summed E-state index contributed by atoms with van der Waals surface area (Å²) in [6.45, 7) is 0. The average molecular weight is 279 g/mol. The Bertz CT molecular complexity index is 653. The van der Waals surface area contributed by atoms with E-state index in [-0.39, 0.29) is 25.7 Å². The first-order valence-electron chi connectivity index (χ1n) is 6.62. The van der Waals surface area contributed by atoms with Crippen LogP contribution in [0.3, 0.4) is 0 Å². The third-order valence-electron chi connectivity index (χ3n) is 4.35. The van der Waals surface area contributed by atoms with Gasteiger partial charge in [-0.3, -0.25) is 4.79 Å². The molecule has 1 aliphatic rings. The molecular formula is C15H15F2NO2. The molecule has 0 bridgehead atoms. The molecule has 0 spiro atoms. The van der Waals surface area contributed by atoms with E-state index in [0.29, 0.717) is 5.56 Å². The zero-order chi connectivity index (χ0) is 14.4. The Morgan fingerprint density at radius 2 is 1.85 bits per heavy atom. The molecule has 0 saturated heterocycles. The first-order chi connectivity index (χ1) is 9.43. The lowest BCUT2D eigenvalue weighted by Gasteiger charge is -2.37. The highest BCUT2D eigenvalue weighted by Crippen LogP contribution is 2.46. The number of aliphatic carboxylic acids is 1. The van der Waals surface area contributed by atoms with E-state index < -0.39 is 17.3 Å². The Hall–Kier alpha value is -1.91. The van der Waals surface area contributed by atoms with Crippen LogP contribution < -0.4 is 0 Å². The number of rotatable bonds is 2. The van der Waals surface area contributed by atoms with Crippen LogP contribution in [0.5, 0.6) is 0 Å². The Balaban J connectivity index is 2.04. The number of hydrogen-bond donors (Lipinski definition) is 2. The van der Waals surface area contributed by atoms with Crippen LogP contribution in [-0.4, -0.2) is 22.0 Å². The maximum absolute atomic E-state index is 13.3. The highest BCUT2D eigenvalue weighted by molar-refractivity contribution is 5.86. The summed E-state index contributed by atoms with van der Waals surface area (Å²) in [5.41, 5.74) is 0.247. The van der Waals surface area contributed by atoms with Crippen LogP contribution in [0.15, 0.2) is 30.5 Å². The first kappa shape index (κ1) is 13.1. The van der Waals surface area contributed by atoms with Crippen LogP contribution in [0.1, 0.15) is 31.2 Å². The second-order valence-electron chi connectivity index (χ2n) is 5.52. The van der Waals surface area contributed by atoms with Crippen molar-refractivity contribution in [2.45, 2.75) is 37.0 Å². The second kappa shape index (κ2) is 4.30.